The minimum atomic E-state index is -1.20. The molecule has 0 saturated carbocycles. The van der Waals surface area contributed by atoms with Gasteiger partial charge >= 0.3 is 5.97 Å². The zero-order valence-corrected chi connectivity index (χ0v) is 9.55. The van der Waals surface area contributed by atoms with Gasteiger partial charge in [-0.15, -0.1) is 11.6 Å². The predicted molar refractivity (Wildman–Crippen MR) is 64.4 cm³/mol. The normalized spacial score (nSPS) is 10.6. The highest BCUT2D eigenvalue weighted by Crippen LogP contribution is 2.24. The number of nitro groups is 1. The molecule has 0 amide bonds. The molecule has 1 aromatic rings. The van der Waals surface area contributed by atoms with Crippen molar-refractivity contribution in [2.75, 3.05) is 5.88 Å². The maximum atomic E-state index is 10.9. The van der Waals surface area contributed by atoms with E-state index in [1.54, 1.807) is 6.08 Å². The van der Waals surface area contributed by atoms with Gasteiger partial charge in [-0.3, -0.25) is 10.1 Å². The van der Waals surface area contributed by atoms with Crippen molar-refractivity contribution in [1.82, 2.24) is 0 Å². The number of carboxylic acid groups (broad SMARTS) is 1. The molecule has 0 aliphatic rings. The van der Waals surface area contributed by atoms with Gasteiger partial charge in [0.05, 0.1) is 16.1 Å². The predicted octanol–water partition coefficient (Wildman–Crippen LogP) is 2.94. The number of allylic oxidation sites excluding steroid dienone is 1. The first-order chi connectivity index (χ1) is 8.07. The second-order valence-corrected chi connectivity index (χ2v) is 3.56. The summed E-state index contributed by atoms with van der Waals surface area (Å²) in [4.78, 5) is 21.1. The van der Waals surface area contributed by atoms with Gasteiger partial charge in [0, 0.05) is 11.9 Å². The zero-order chi connectivity index (χ0) is 12.8. The molecule has 1 aromatic carbocycles. The van der Waals surface area contributed by atoms with Gasteiger partial charge in [0.1, 0.15) is 0 Å². The Balaban J connectivity index is 3.28. The molecule has 0 fully saturated rings. The Kier molecular flexibility index (Phi) is 4.66. The van der Waals surface area contributed by atoms with Crippen molar-refractivity contribution in [2.45, 2.75) is 6.42 Å². The third-order valence-corrected chi connectivity index (χ3v) is 2.29. The summed E-state index contributed by atoms with van der Waals surface area (Å²) in [7, 11) is 0. The summed E-state index contributed by atoms with van der Waals surface area (Å²) in [6.45, 7) is 0. The van der Waals surface area contributed by atoms with Crippen LogP contribution in [-0.2, 0) is 0 Å². The van der Waals surface area contributed by atoms with Crippen LogP contribution in [0.25, 0.3) is 6.08 Å². The molecule has 0 saturated heterocycles. The number of nitrogens with zero attached hydrogens (tertiary/aromatic N) is 1. The Bertz CT molecular complexity index is 438. The lowest BCUT2D eigenvalue weighted by molar-refractivity contribution is -0.385. The molecular weight excluding hydrogens is 246 g/mol. The third kappa shape index (κ3) is 3.29. The number of hydrogen-bond donors (Lipinski definition) is 1. The van der Waals surface area contributed by atoms with Gasteiger partial charge < -0.3 is 5.11 Å². The summed E-state index contributed by atoms with van der Waals surface area (Å²) in [5, 5.41) is 19.7. The van der Waals surface area contributed by atoms with Crippen molar-refractivity contribution in [3.05, 3.63) is 45.5 Å². The minimum Gasteiger partial charge on any atom is -0.478 e. The van der Waals surface area contributed by atoms with Gasteiger partial charge in [-0.25, -0.2) is 4.79 Å². The molecule has 0 heterocycles. The van der Waals surface area contributed by atoms with Gasteiger partial charge in [0.2, 0.25) is 0 Å². The van der Waals surface area contributed by atoms with E-state index in [4.69, 9.17) is 16.7 Å². The van der Waals surface area contributed by atoms with Crippen LogP contribution in [-0.4, -0.2) is 21.9 Å². The molecule has 0 atom stereocenters. The largest absolute Gasteiger partial charge is 0.478 e. The zero-order valence-electron chi connectivity index (χ0n) is 8.80. The summed E-state index contributed by atoms with van der Waals surface area (Å²) in [5.74, 6) is -0.821. The van der Waals surface area contributed by atoms with E-state index in [2.05, 4.69) is 0 Å². The third-order valence-electron chi connectivity index (χ3n) is 2.07. The Hall–Kier alpha value is -1.88. The van der Waals surface area contributed by atoms with E-state index in [-0.39, 0.29) is 16.8 Å². The van der Waals surface area contributed by atoms with Crippen LogP contribution in [0.2, 0.25) is 0 Å². The number of nitro benzene ring substituents is 1. The summed E-state index contributed by atoms with van der Waals surface area (Å²) < 4.78 is 0. The van der Waals surface area contributed by atoms with Crippen LogP contribution >= 0.6 is 11.6 Å². The van der Waals surface area contributed by atoms with Gasteiger partial charge in [-0.2, -0.15) is 0 Å². The first-order valence-corrected chi connectivity index (χ1v) is 5.34. The fourth-order valence-electron chi connectivity index (χ4n) is 1.34. The van der Waals surface area contributed by atoms with Gasteiger partial charge in [-0.1, -0.05) is 18.2 Å². The molecular formula is C11H10ClNO4. The second-order valence-electron chi connectivity index (χ2n) is 3.18. The van der Waals surface area contributed by atoms with Crippen molar-refractivity contribution >= 4 is 29.3 Å². The molecule has 90 valence electrons. The maximum Gasteiger partial charge on any atom is 0.336 e. The molecule has 1 N–H and O–H groups in total. The van der Waals surface area contributed by atoms with E-state index in [0.717, 1.165) is 0 Å². The molecule has 0 unspecified atom stereocenters. The Morgan fingerprint density at radius 2 is 2.24 bits per heavy atom. The number of halogens is 1. The van der Waals surface area contributed by atoms with E-state index in [9.17, 15) is 14.9 Å². The molecule has 17 heavy (non-hydrogen) atoms. The van der Waals surface area contributed by atoms with Crippen molar-refractivity contribution in [1.29, 1.82) is 0 Å². The lowest BCUT2D eigenvalue weighted by Gasteiger charge is -2.02. The maximum absolute atomic E-state index is 10.9. The second kappa shape index (κ2) is 6.00. The van der Waals surface area contributed by atoms with Crippen LogP contribution in [0, 0.1) is 10.1 Å². The average Bonchev–Trinajstić information content (AvgIpc) is 2.28. The van der Waals surface area contributed by atoms with Crippen LogP contribution in [0.1, 0.15) is 22.3 Å². The molecule has 0 aliphatic heterocycles. The molecule has 0 aliphatic carbocycles. The van der Waals surface area contributed by atoms with Crippen LogP contribution in [0.15, 0.2) is 24.3 Å². The number of alkyl halides is 1. The van der Waals surface area contributed by atoms with Crippen molar-refractivity contribution in [3.63, 3.8) is 0 Å². The van der Waals surface area contributed by atoms with Crippen LogP contribution in [0.3, 0.4) is 0 Å². The van der Waals surface area contributed by atoms with Gasteiger partial charge in [0.15, 0.2) is 0 Å². The van der Waals surface area contributed by atoms with E-state index in [1.165, 1.54) is 24.3 Å². The first kappa shape index (κ1) is 13.2. The Labute approximate surface area is 102 Å². The summed E-state index contributed by atoms with van der Waals surface area (Å²) >= 11 is 5.47. The van der Waals surface area contributed by atoms with Crippen LogP contribution in [0.4, 0.5) is 5.69 Å². The Morgan fingerprint density at radius 3 is 2.76 bits per heavy atom. The smallest absolute Gasteiger partial charge is 0.336 e. The minimum absolute atomic E-state index is 0.0926. The molecule has 5 nitrogen and oxygen atoms in total. The fraction of sp³-hybridized carbons (Fsp3) is 0.182. The lowest BCUT2D eigenvalue weighted by Crippen LogP contribution is -2.02. The van der Waals surface area contributed by atoms with E-state index in [0.29, 0.717) is 12.3 Å². The Morgan fingerprint density at radius 1 is 1.53 bits per heavy atom. The van der Waals surface area contributed by atoms with E-state index in [1.807, 2.05) is 0 Å². The number of rotatable bonds is 5. The van der Waals surface area contributed by atoms with Gasteiger partial charge in [0.25, 0.3) is 5.69 Å². The van der Waals surface area contributed by atoms with Crippen molar-refractivity contribution in [3.8, 4) is 0 Å². The molecule has 0 aromatic heterocycles. The van der Waals surface area contributed by atoms with Crippen LogP contribution < -0.4 is 0 Å². The summed E-state index contributed by atoms with van der Waals surface area (Å²) in [5.41, 5.74) is -0.226. The van der Waals surface area contributed by atoms with Crippen molar-refractivity contribution in [2.24, 2.45) is 0 Å². The first-order valence-electron chi connectivity index (χ1n) is 4.81. The number of hydrogen-bond acceptors (Lipinski definition) is 3. The van der Waals surface area contributed by atoms with Gasteiger partial charge in [-0.05, 0) is 12.5 Å². The quantitative estimate of drug-likeness (QED) is 0.498. The highest BCUT2D eigenvalue weighted by Gasteiger charge is 2.18. The summed E-state index contributed by atoms with van der Waals surface area (Å²) in [6, 6.07) is 3.95. The average molecular weight is 256 g/mol. The standard InChI is InChI=1S/C11H10ClNO4/c12-7-2-1-4-8-9(11(14)15)5-3-6-10(8)13(16)17/h1,3-6H,2,7H2,(H,14,15). The van der Waals surface area contributed by atoms with E-state index >= 15 is 0 Å². The highest BCUT2D eigenvalue weighted by atomic mass is 35.5. The SMILES string of the molecule is O=C(O)c1cccc([N+](=O)[O-])c1C=CCCCl. The number of carboxylic acids is 1. The van der Waals surface area contributed by atoms with Crippen LogP contribution in [0.5, 0.6) is 0 Å². The number of aromatic carboxylic acids is 1. The molecule has 0 bridgehead atoms. The molecule has 6 heteroatoms. The van der Waals surface area contributed by atoms with E-state index < -0.39 is 10.9 Å². The number of benzene rings is 1. The molecule has 0 radical (unpaired) electrons. The molecule has 1 rings (SSSR count). The lowest BCUT2D eigenvalue weighted by atomic mass is 10.0. The molecule has 0 spiro atoms. The monoisotopic (exact) mass is 255 g/mol. The topological polar surface area (TPSA) is 80.4 Å². The van der Waals surface area contributed by atoms with Crippen molar-refractivity contribution < 1.29 is 14.8 Å². The highest BCUT2D eigenvalue weighted by molar-refractivity contribution is 6.17. The summed E-state index contributed by atoms with van der Waals surface area (Å²) in [6.07, 6.45) is 3.55. The fourth-order valence-corrected chi connectivity index (χ4v) is 1.46. The number of carbonyl (C=O) groups is 1.